The van der Waals surface area contributed by atoms with Gasteiger partial charge in [-0.05, 0) is 31.2 Å². The first-order chi connectivity index (χ1) is 10.7. The summed E-state index contributed by atoms with van der Waals surface area (Å²) in [5.41, 5.74) is 0.867. The van der Waals surface area contributed by atoms with Crippen LogP contribution >= 0.6 is 0 Å². The molecule has 0 N–H and O–H groups in total. The Kier molecular flexibility index (Phi) is 5.86. The average molecular weight is 309 g/mol. The first-order valence-corrected chi connectivity index (χ1v) is 7.74. The maximum Gasteiger partial charge on any atom is 0.409 e. The molecule has 0 spiro atoms. The summed E-state index contributed by atoms with van der Waals surface area (Å²) >= 11 is 0. The highest BCUT2D eigenvalue weighted by atomic mass is 16.6. The number of hydrogen-bond donors (Lipinski definition) is 0. The van der Waals surface area contributed by atoms with Gasteiger partial charge in [0.25, 0.3) is 0 Å². The van der Waals surface area contributed by atoms with Crippen LogP contribution in [0.3, 0.4) is 0 Å². The quantitative estimate of drug-likeness (QED) is 0.617. The van der Waals surface area contributed by atoms with Crippen LogP contribution in [0.1, 0.15) is 54.6 Å². The molecule has 1 amide bonds. The largest absolute Gasteiger partial charge is 0.463 e. The van der Waals surface area contributed by atoms with Gasteiger partial charge < -0.3 is 18.8 Å². The summed E-state index contributed by atoms with van der Waals surface area (Å²) in [6, 6.07) is 1.81. The standard InChI is InChI=1S/C16H23NO5/c1-3-4-10-22-16(19)17-8-5-12(6-9-17)13-7-11-21-14(13)15(18)20-2/h7,11-12H,3-6,8-10H2,1-2H3. The molecule has 0 unspecified atom stereocenters. The van der Waals surface area contributed by atoms with E-state index >= 15 is 0 Å². The van der Waals surface area contributed by atoms with Crippen LogP contribution in [0.15, 0.2) is 16.7 Å². The number of ether oxygens (including phenoxy) is 2. The van der Waals surface area contributed by atoms with Crippen molar-refractivity contribution in [3.63, 3.8) is 0 Å². The molecule has 0 bridgehead atoms. The van der Waals surface area contributed by atoms with Crippen molar-refractivity contribution in [1.29, 1.82) is 0 Å². The number of nitrogens with zero attached hydrogens (tertiary/aromatic N) is 1. The van der Waals surface area contributed by atoms with E-state index in [4.69, 9.17) is 13.9 Å². The van der Waals surface area contributed by atoms with E-state index in [2.05, 4.69) is 6.92 Å². The van der Waals surface area contributed by atoms with Crippen molar-refractivity contribution < 1.29 is 23.5 Å². The zero-order valence-corrected chi connectivity index (χ0v) is 13.2. The molecule has 0 saturated carbocycles. The van der Waals surface area contributed by atoms with Crippen LogP contribution in [0, 0.1) is 0 Å². The molecule has 6 heteroatoms. The molecule has 22 heavy (non-hydrogen) atoms. The van der Waals surface area contributed by atoms with Gasteiger partial charge in [-0.2, -0.15) is 0 Å². The van der Waals surface area contributed by atoms with Crippen LogP contribution in [0.2, 0.25) is 0 Å². The molecule has 6 nitrogen and oxygen atoms in total. The van der Waals surface area contributed by atoms with Crippen molar-refractivity contribution in [3.05, 3.63) is 23.7 Å². The molecule has 0 radical (unpaired) electrons. The van der Waals surface area contributed by atoms with Gasteiger partial charge in [0.05, 0.1) is 20.0 Å². The number of likely N-dealkylation sites (tertiary alicyclic amines) is 1. The maximum absolute atomic E-state index is 11.9. The Morgan fingerprint density at radius 2 is 2.09 bits per heavy atom. The van der Waals surface area contributed by atoms with Crippen LogP contribution in [0.4, 0.5) is 4.79 Å². The number of unbranched alkanes of at least 4 members (excludes halogenated alkanes) is 1. The molecule has 1 fully saturated rings. The zero-order chi connectivity index (χ0) is 15.9. The fraction of sp³-hybridized carbons (Fsp3) is 0.625. The molecule has 0 atom stereocenters. The van der Waals surface area contributed by atoms with Gasteiger partial charge in [-0.15, -0.1) is 0 Å². The van der Waals surface area contributed by atoms with E-state index in [1.54, 1.807) is 4.90 Å². The lowest BCUT2D eigenvalue weighted by atomic mass is 9.89. The molecule has 1 saturated heterocycles. The Labute approximate surface area is 130 Å². The molecule has 0 aromatic carbocycles. The van der Waals surface area contributed by atoms with Crippen molar-refractivity contribution >= 4 is 12.1 Å². The molecule has 1 aromatic heterocycles. The summed E-state index contributed by atoms with van der Waals surface area (Å²) < 4.78 is 15.2. The Hall–Kier alpha value is -1.98. The fourth-order valence-corrected chi connectivity index (χ4v) is 2.67. The van der Waals surface area contributed by atoms with Crippen LogP contribution < -0.4 is 0 Å². The average Bonchev–Trinajstić information content (AvgIpc) is 3.04. The van der Waals surface area contributed by atoms with E-state index in [9.17, 15) is 9.59 Å². The number of carbonyl (C=O) groups excluding carboxylic acids is 2. The van der Waals surface area contributed by atoms with Gasteiger partial charge in [0.1, 0.15) is 0 Å². The van der Waals surface area contributed by atoms with Crippen LogP contribution in [-0.2, 0) is 9.47 Å². The molecule has 2 rings (SSSR count). The molecule has 1 aliphatic heterocycles. The van der Waals surface area contributed by atoms with E-state index < -0.39 is 5.97 Å². The highest BCUT2D eigenvalue weighted by molar-refractivity contribution is 5.88. The Morgan fingerprint density at radius 3 is 2.73 bits per heavy atom. The first kappa shape index (κ1) is 16.4. The Morgan fingerprint density at radius 1 is 1.36 bits per heavy atom. The third-order valence-corrected chi connectivity index (χ3v) is 3.98. The van der Waals surface area contributed by atoms with Gasteiger partial charge in [-0.1, -0.05) is 13.3 Å². The first-order valence-electron chi connectivity index (χ1n) is 7.74. The second kappa shape index (κ2) is 7.87. The van der Waals surface area contributed by atoms with E-state index in [1.165, 1.54) is 13.4 Å². The molecule has 1 aromatic rings. The van der Waals surface area contributed by atoms with Gasteiger partial charge in [-0.25, -0.2) is 9.59 Å². The monoisotopic (exact) mass is 309 g/mol. The maximum atomic E-state index is 11.9. The highest BCUT2D eigenvalue weighted by Crippen LogP contribution is 2.31. The van der Waals surface area contributed by atoms with E-state index in [0.717, 1.165) is 31.2 Å². The molecular formula is C16H23NO5. The van der Waals surface area contributed by atoms with Crippen molar-refractivity contribution in [2.45, 2.75) is 38.5 Å². The van der Waals surface area contributed by atoms with E-state index in [-0.39, 0.29) is 17.8 Å². The minimum atomic E-state index is -0.457. The number of furan rings is 1. The summed E-state index contributed by atoms with van der Waals surface area (Å²) in [7, 11) is 1.34. The third kappa shape index (κ3) is 3.81. The number of amides is 1. The highest BCUT2D eigenvalue weighted by Gasteiger charge is 2.29. The van der Waals surface area contributed by atoms with Crippen LogP contribution in [0.5, 0.6) is 0 Å². The summed E-state index contributed by atoms with van der Waals surface area (Å²) in [6.07, 6.45) is 4.73. The lowest BCUT2D eigenvalue weighted by Gasteiger charge is -2.31. The normalized spacial score (nSPS) is 15.6. The predicted molar refractivity (Wildman–Crippen MR) is 79.9 cm³/mol. The second-order valence-corrected chi connectivity index (χ2v) is 5.43. The number of carbonyl (C=O) groups is 2. The lowest BCUT2D eigenvalue weighted by molar-refractivity contribution is 0.0560. The van der Waals surface area contributed by atoms with Gasteiger partial charge in [0, 0.05) is 18.7 Å². The lowest BCUT2D eigenvalue weighted by Crippen LogP contribution is -2.38. The Balaban J connectivity index is 1.88. The number of rotatable bonds is 5. The Bertz CT molecular complexity index is 502. The van der Waals surface area contributed by atoms with Crippen molar-refractivity contribution in [3.8, 4) is 0 Å². The van der Waals surface area contributed by atoms with Crippen molar-refractivity contribution in [2.75, 3.05) is 26.8 Å². The SMILES string of the molecule is CCCCOC(=O)N1CCC(c2ccoc2C(=O)OC)CC1. The molecule has 2 heterocycles. The van der Waals surface area contributed by atoms with Crippen molar-refractivity contribution in [2.24, 2.45) is 0 Å². The zero-order valence-electron chi connectivity index (χ0n) is 13.2. The second-order valence-electron chi connectivity index (χ2n) is 5.43. The van der Waals surface area contributed by atoms with Gasteiger partial charge in [0.2, 0.25) is 5.76 Å². The minimum Gasteiger partial charge on any atom is -0.463 e. The summed E-state index contributed by atoms with van der Waals surface area (Å²) in [4.78, 5) is 25.3. The number of methoxy groups -OCH3 is 1. The number of piperidine rings is 1. The molecule has 0 aliphatic carbocycles. The van der Waals surface area contributed by atoms with E-state index in [1.807, 2.05) is 6.07 Å². The van der Waals surface area contributed by atoms with Gasteiger partial charge in [0.15, 0.2) is 0 Å². The summed E-state index contributed by atoms with van der Waals surface area (Å²) in [5.74, 6) is 0.0143. The topological polar surface area (TPSA) is 69.0 Å². The molecule has 1 aliphatic rings. The van der Waals surface area contributed by atoms with Crippen molar-refractivity contribution in [1.82, 2.24) is 4.90 Å². The predicted octanol–water partition coefficient (Wildman–Crippen LogP) is 3.18. The number of esters is 1. The van der Waals surface area contributed by atoms with E-state index in [0.29, 0.717) is 19.7 Å². The van der Waals surface area contributed by atoms with Gasteiger partial charge in [-0.3, -0.25) is 0 Å². The number of hydrogen-bond acceptors (Lipinski definition) is 5. The molecular weight excluding hydrogens is 286 g/mol. The molecule has 122 valence electrons. The third-order valence-electron chi connectivity index (χ3n) is 3.98. The van der Waals surface area contributed by atoms with Gasteiger partial charge >= 0.3 is 12.1 Å². The summed E-state index contributed by atoms with van der Waals surface area (Å²) in [6.45, 7) is 3.79. The summed E-state index contributed by atoms with van der Waals surface area (Å²) in [5, 5.41) is 0. The van der Waals surface area contributed by atoms with Crippen LogP contribution in [0.25, 0.3) is 0 Å². The fourth-order valence-electron chi connectivity index (χ4n) is 2.67. The van der Waals surface area contributed by atoms with Crippen LogP contribution in [-0.4, -0.2) is 43.8 Å². The smallest absolute Gasteiger partial charge is 0.409 e. The minimum absolute atomic E-state index is 0.201.